The maximum atomic E-state index is 12.1. The molecule has 2 aromatic rings. The lowest BCUT2D eigenvalue weighted by Crippen LogP contribution is -2.41. The SMILES string of the molecule is O=C(NCCOCCn1ccnc1)[C@H]1CCc2ccccc2O1. The van der Waals surface area contributed by atoms with E-state index in [4.69, 9.17) is 9.47 Å². The van der Waals surface area contributed by atoms with Gasteiger partial charge in [-0.25, -0.2) is 4.98 Å². The van der Waals surface area contributed by atoms with Gasteiger partial charge in [0.15, 0.2) is 6.10 Å². The van der Waals surface area contributed by atoms with E-state index in [0.717, 1.165) is 18.7 Å². The highest BCUT2D eigenvalue weighted by atomic mass is 16.5. The molecular weight excluding hydrogens is 294 g/mol. The topological polar surface area (TPSA) is 65.4 Å². The van der Waals surface area contributed by atoms with E-state index in [1.54, 1.807) is 12.5 Å². The number of ether oxygens (including phenoxy) is 2. The van der Waals surface area contributed by atoms with Gasteiger partial charge >= 0.3 is 0 Å². The molecule has 2 heterocycles. The smallest absolute Gasteiger partial charge is 0.261 e. The fourth-order valence-electron chi connectivity index (χ4n) is 2.56. The zero-order valence-corrected chi connectivity index (χ0v) is 13.0. The predicted octanol–water partition coefficient (Wildman–Crippen LogP) is 1.41. The van der Waals surface area contributed by atoms with E-state index in [0.29, 0.717) is 26.2 Å². The molecule has 1 N–H and O–H groups in total. The molecule has 0 unspecified atom stereocenters. The Balaban J connectivity index is 1.32. The van der Waals surface area contributed by atoms with Gasteiger partial charge in [0.2, 0.25) is 0 Å². The van der Waals surface area contributed by atoms with Crippen molar-refractivity contribution in [3.8, 4) is 5.75 Å². The zero-order valence-electron chi connectivity index (χ0n) is 13.0. The van der Waals surface area contributed by atoms with Crippen LogP contribution in [0.5, 0.6) is 5.75 Å². The van der Waals surface area contributed by atoms with Crippen LogP contribution in [-0.4, -0.2) is 41.3 Å². The maximum absolute atomic E-state index is 12.1. The molecule has 1 amide bonds. The summed E-state index contributed by atoms with van der Waals surface area (Å²) in [4.78, 5) is 16.1. The Bertz CT molecular complexity index is 628. The van der Waals surface area contributed by atoms with Gasteiger partial charge < -0.3 is 19.4 Å². The van der Waals surface area contributed by atoms with Crippen molar-refractivity contribution in [1.29, 1.82) is 0 Å². The Labute approximate surface area is 135 Å². The average molecular weight is 315 g/mol. The molecule has 0 spiro atoms. The van der Waals surface area contributed by atoms with E-state index >= 15 is 0 Å². The maximum Gasteiger partial charge on any atom is 0.261 e. The summed E-state index contributed by atoms with van der Waals surface area (Å²) in [5.74, 6) is 0.744. The van der Waals surface area contributed by atoms with Gasteiger partial charge in [-0.3, -0.25) is 4.79 Å². The molecule has 0 radical (unpaired) electrons. The van der Waals surface area contributed by atoms with E-state index in [1.165, 1.54) is 5.56 Å². The molecule has 0 aliphatic carbocycles. The number of aryl methyl sites for hydroxylation is 1. The number of benzene rings is 1. The van der Waals surface area contributed by atoms with E-state index < -0.39 is 6.10 Å². The normalized spacial score (nSPS) is 16.4. The lowest BCUT2D eigenvalue weighted by molar-refractivity contribution is -0.128. The highest BCUT2D eigenvalue weighted by Crippen LogP contribution is 2.26. The van der Waals surface area contributed by atoms with Gasteiger partial charge in [0.1, 0.15) is 5.75 Å². The molecule has 6 nitrogen and oxygen atoms in total. The number of rotatable bonds is 7. The summed E-state index contributed by atoms with van der Waals surface area (Å²) in [5.41, 5.74) is 1.17. The zero-order chi connectivity index (χ0) is 15.9. The van der Waals surface area contributed by atoms with E-state index in [1.807, 2.05) is 35.0 Å². The number of imidazole rings is 1. The molecule has 0 fully saturated rings. The third-order valence-electron chi connectivity index (χ3n) is 3.81. The molecule has 122 valence electrons. The number of para-hydroxylation sites is 1. The molecule has 23 heavy (non-hydrogen) atoms. The Morgan fingerprint density at radius 3 is 3.17 bits per heavy atom. The number of carbonyl (C=O) groups excluding carboxylic acids is 1. The molecule has 1 atom stereocenters. The summed E-state index contributed by atoms with van der Waals surface area (Å²) in [5, 5.41) is 2.87. The first-order valence-corrected chi connectivity index (χ1v) is 7.89. The van der Waals surface area contributed by atoms with Crippen LogP contribution < -0.4 is 10.1 Å². The Morgan fingerprint density at radius 1 is 1.39 bits per heavy atom. The third kappa shape index (κ3) is 4.32. The number of aromatic nitrogens is 2. The molecule has 1 aliphatic heterocycles. The van der Waals surface area contributed by atoms with Crippen molar-refractivity contribution in [2.24, 2.45) is 0 Å². The van der Waals surface area contributed by atoms with Crippen molar-refractivity contribution in [1.82, 2.24) is 14.9 Å². The van der Waals surface area contributed by atoms with E-state index in [-0.39, 0.29) is 5.91 Å². The Kier molecular flexibility index (Phi) is 5.26. The monoisotopic (exact) mass is 315 g/mol. The second-order valence-corrected chi connectivity index (χ2v) is 5.46. The fraction of sp³-hybridized carbons (Fsp3) is 0.412. The number of carbonyl (C=O) groups is 1. The molecular formula is C17H21N3O3. The van der Waals surface area contributed by atoms with Gasteiger partial charge in [0.25, 0.3) is 5.91 Å². The van der Waals surface area contributed by atoms with Crippen molar-refractivity contribution in [3.63, 3.8) is 0 Å². The largest absolute Gasteiger partial charge is 0.480 e. The van der Waals surface area contributed by atoms with Crippen LogP contribution in [0, 0.1) is 0 Å². The minimum absolute atomic E-state index is 0.0716. The number of hydrogen-bond donors (Lipinski definition) is 1. The lowest BCUT2D eigenvalue weighted by atomic mass is 10.0. The van der Waals surface area contributed by atoms with Gasteiger partial charge in [-0.2, -0.15) is 0 Å². The highest BCUT2D eigenvalue weighted by Gasteiger charge is 2.25. The minimum Gasteiger partial charge on any atom is -0.480 e. The van der Waals surface area contributed by atoms with Crippen LogP contribution in [0.15, 0.2) is 43.0 Å². The Hall–Kier alpha value is -2.34. The first-order valence-electron chi connectivity index (χ1n) is 7.89. The first kappa shape index (κ1) is 15.6. The predicted molar refractivity (Wildman–Crippen MR) is 85.2 cm³/mol. The summed E-state index contributed by atoms with van der Waals surface area (Å²) in [6.07, 6.45) is 6.56. The number of fused-ring (bicyclic) bond motifs is 1. The van der Waals surface area contributed by atoms with Crippen molar-refractivity contribution >= 4 is 5.91 Å². The summed E-state index contributed by atoms with van der Waals surface area (Å²) < 4.78 is 13.2. The van der Waals surface area contributed by atoms with Crippen LogP contribution in [-0.2, 0) is 22.5 Å². The van der Waals surface area contributed by atoms with Crippen LogP contribution in [0.25, 0.3) is 0 Å². The summed E-state index contributed by atoms with van der Waals surface area (Å²) in [6.45, 7) is 2.34. The Morgan fingerprint density at radius 2 is 2.30 bits per heavy atom. The summed E-state index contributed by atoms with van der Waals surface area (Å²) >= 11 is 0. The molecule has 1 aromatic heterocycles. The van der Waals surface area contributed by atoms with E-state index in [2.05, 4.69) is 10.3 Å². The molecule has 0 saturated carbocycles. The summed E-state index contributed by atoms with van der Waals surface area (Å²) in [6, 6.07) is 7.86. The van der Waals surface area contributed by atoms with Gasteiger partial charge in [0, 0.05) is 25.5 Å². The molecule has 0 saturated heterocycles. The van der Waals surface area contributed by atoms with Crippen molar-refractivity contribution in [2.75, 3.05) is 19.8 Å². The second kappa shape index (κ2) is 7.78. The second-order valence-electron chi connectivity index (χ2n) is 5.46. The van der Waals surface area contributed by atoms with E-state index in [9.17, 15) is 4.79 Å². The van der Waals surface area contributed by atoms with Crippen LogP contribution >= 0.6 is 0 Å². The van der Waals surface area contributed by atoms with Gasteiger partial charge in [-0.15, -0.1) is 0 Å². The molecule has 6 heteroatoms. The van der Waals surface area contributed by atoms with Gasteiger partial charge in [-0.1, -0.05) is 18.2 Å². The molecule has 1 aromatic carbocycles. The van der Waals surface area contributed by atoms with Crippen molar-refractivity contribution < 1.29 is 14.3 Å². The number of nitrogens with zero attached hydrogens (tertiary/aromatic N) is 2. The average Bonchev–Trinajstić information content (AvgIpc) is 3.10. The summed E-state index contributed by atoms with van der Waals surface area (Å²) in [7, 11) is 0. The minimum atomic E-state index is -0.407. The van der Waals surface area contributed by atoms with Crippen molar-refractivity contribution in [3.05, 3.63) is 48.5 Å². The fourth-order valence-corrected chi connectivity index (χ4v) is 2.56. The molecule has 1 aliphatic rings. The highest BCUT2D eigenvalue weighted by molar-refractivity contribution is 5.81. The first-order chi connectivity index (χ1) is 11.3. The van der Waals surface area contributed by atoms with Crippen LogP contribution in [0.4, 0.5) is 0 Å². The van der Waals surface area contributed by atoms with Crippen LogP contribution in [0.1, 0.15) is 12.0 Å². The number of nitrogens with one attached hydrogen (secondary N) is 1. The van der Waals surface area contributed by atoms with Crippen LogP contribution in [0.2, 0.25) is 0 Å². The standard InChI is InChI=1S/C17H21N3O3/c21-17(16-6-5-14-3-1-2-4-15(14)23-16)19-8-11-22-12-10-20-9-7-18-13-20/h1-4,7,9,13,16H,5-6,8,10-12H2,(H,19,21)/t16-/m1/s1. The molecule has 0 bridgehead atoms. The lowest BCUT2D eigenvalue weighted by Gasteiger charge is -2.25. The molecule has 3 rings (SSSR count). The quantitative estimate of drug-likeness (QED) is 0.785. The third-order valence-corrected chi connectivity index (χ3v) is 3.81. The van der Waals surface area contributed by atoms with Crippen LogP contribution in [0.3, 0.4) is 0 Å². The van der Waals surface area contributed by atoms with Gasteiger partial charge in [0.05, 0.1) is 19.5 Å². The van der Waals surface area contributed by atoms with Gasteiger partial charge in [-0.05, 0) is 24.5 Å². The number of amides is 1. The number of hydrogen-bond acceptors (Lipinski definition) is 4. The van der Waals surface area contributed by atoms with Crippen molar-refractivity contribution in [2.45, 2.75) is 25.5 Å².